The molecule has 0 unspecified atom stereocenters. The van der Waals surface area contributed by atoms with E-state index in [1.165, 1.54) is 17.1 Å². The smallest absolute Gasteiger partial charge is 0.244 e. The summed E-state index contributed by atoms with van der Waals surface area (Å²) in [6, 6.07) is 0.187. The number of carbonyl (C=O) groups excluding carboxylic acids is 1. The summed E-state index contributed by atoms with van der Waals surface area (Å²) in [4.78, 5) is 14.4. The highest BCUT2D eigenvalue weighted by atomic mass is 35.5. The Morgan fingerprint density at radius 2 is 2.12 bits per heavy atom. The maximum Gasteiger partial charge on any atom is 0.244 e. The Morgan fingerprint density at radius 3 is 2.67 bits per heavy atom. The highest BCUT2D eigenvalue weighted by Gasteiger charge is 2.26. The fraction of sp³-hybridized carbons (Fsp3) is 0.714. The lowest BCUT2D eigenvalue weighted by Gasteiger charge is -2.34. The standard InChI is InChI=1S/C14H25N5O3S.ClH/c1-3-8-19(12-4-6-15-7-5-12)14(20)10-17-23(21,22)13-9-16-18(2)11-13;/h9,11-12,15,17H,3-8,10H2,1-2H3;1H. The Morgan fingerprint density at radius 1 is 1.46 bits per heavy atom. The Kier molecular flexibility index (Phi) is 8.14. The lowest BCUT2D eigenvalue weighted by molar-refractivity contribution is -0.132. The second-order valence-electron chi connectivity index (χ2n) is 5.74. The van der Waals surface area contributed by atoms with Crippen molar-refractivity contribution in [1.29, 1.82) is 0 Å². The van der Waals surface area contributed by atoms with Crippen molar-refractivity contribution in [2.75, 3.05) is 26.2 Å². The molecular formula is C14H26ClN5O3S. The number of aryl methyl sites for hydroxylation is 1. The van der Waals surface area contributed by atoms with Crippen LogP contribution in [0.3, 0.4) is 0 Å². The van der Waals surface area contributed by atoms with Gasteiger partial charge in [0.25, 0.3) is 0 Å². The summed E-state index contributed by atoms with van der Waals surface area (Å²) >= 11 is 0. The van der Waals surface area contributed by atoms with Crippen LogP contribution in [-0.2, 0) is 21.9 Å². The number of nitrogens with one attached hydrogen (secondary N) is 2. The first-order valence-electron chi connectivity index (χ1n) is 7.92. The van der Waals surface area contributed by atoms with Gasteiger partial charge in [-0.15, -0.1) is 12.4 Å². The van der Waals surface area contributed by atoms with Crippen molar-refractivity contribution in [3.8, 4) is 0 Å². The first-order valence-corrected chi connectivity index (χ1v) is 9.41. The number of piperidine rings is 1. The molecule has 0 spiro atoms. The van der Waals surface area contributed by atoms with Crippen LogP contribution in [-0.4, -0.2) is 61.2 Å². The van der Waals surface area contributed by atoms with Crippen molar-refractivity contribution in [3.63, 3.8) is 0 Å². The number of hydrogen-bond donors (Lipinski definition) is 2. The number of hydrogen-bond acceptors (Lipinski definition) is 5. The SMILES string of the molecule is CCCN(C(=O)CNS(=O)(=O)c1cnn(C)c1)C1CCNCC1.Cl. The van der Waals surface area contributed by atoms with Gasteiger partial charge >= 0.3 is 0 Å². The molecule has 24 heavy (non-hydrogen) atoms. The Balaban J connectivity index is 0.00000288. The number of sulfonamides is 1. The second-order valence-corrected chi connectivity index (χ2v) is 7.51. The molecule has 138 valence electrons. The zero-order chi connectivity index (χ0) is 16.9. The highest BCUT2D eigenvalue weighted by Crippen LogP contribution is 2.13. The van der Waals surface area contributed by atoms with Crippen LogP contribution >= 0.6 is 12.4 Å². The molecule has 1 saturated heterocycles. The molecule has 2 rings (SSSR count). The average Bonchev–Trinajstić information content (AvgIpc) is 2.99. The Bertz CT molecular complexity index is 628. The lowest BCUT2D eigenvalue weighted by atomic mass is 10.0. The molecular weight excluding hydrogens is 354 g/mol. The molecule has 1 aliphatic rings. The van der Waals surface area contributed by atoms with Gasteiger partial charge in [-0.05, 0) is 32.4 Å². The van der Waals surface area contributed by atoms with E-state index in [-0.39, 0.29) is 35.8 Å². The Labute approximate surface area is 149 Å². The van der Waals surface area contributed by atoms with E-state index in [1.54, 1.807) is 7.05 Å². The number of carbonyl (C=O) groups is 1. The minimum Gasteiger partial charge on any atom is -0.338 e. The topological polar surface area (TPSA) is 96.3 Å². The van der Waals surface area contributed by atoms with E-state index in [4.69, 9.17) is 0 Å². The maximum atomic E-state index is 12.5. The predicted molar refractivity (Wildman–Crippen MR) is 93.5 cm³/mol. The molecule has 10 heteroatoms. The molecule has 0 aliphatic carbocycles. The monoisotopic (exact) mass is 379 g/mol. The van der Waals surface area contributed by atoms with Gasteiger partial charge < -0.3 is 10.2 Å². The van der Waals surface area contributed by atoms with Gasteiger partial charge in [-0.25, -0.2) is 13.1 Å². The normalized spacial score (nSPS) is 15.8. The Hall–Kier alpha value is -1.16. The minimum absolute atomic E-state index is 0. The average molecular weight is 380 g/mol. The van der Waals surface area contributed by atoms with Gasteiger partial charge in [0.1, 0.15) is 4.90 Å². The molecule has 1 aromatic rings. The third-order valence-corrected chi connectivity index (χ3v) is 5.30. The fourth-order valence-corrected chi connectivity index (χ4v) is 3.71. The second kappa shape index (κ2) is 9.36. The van der Waals surface area contributed by atoms with Crippen molar-refractivity contribution >= 4 is 28.3 Å². The molecule has 2 N–H and O–H groups in total. The summed E-state index contributed by atoms with van der Waals surface area (Å²) in [5, 5.41) is 7.12. The third kappa shape index (κ3) is 5.44. The zero-order valence-electron chi connectivity index (χ0n) is 14.1. The molecule has 0 atom stereocenters. The van der Waals surface area contributed by atoms with Crippen molar-refractivity contribution in [2.45, 2.75) is 37.1 Å². The summed E-state index contributed by atoms with van der Waals surface area (Å²) in [7, 11) is -2.06. The van der Waals surface area contributed by atoms with Gasteiger partial charge in [0.05, 0.1) is 12.7 Å². The van der Waals surface area contributed by atoms with Gasteiger partial charge in [0.2, 0.25) is 15.9 Å². The predicted octanol–water partition coefficient (Wildman–Crippen LogP) is 0.111. The largest absolute Gasteiger partial charge is 0.338 e. The van der Waals surface area contributed by atoms with Crippen molar-refractivity contribution in [1.82, 2.24) is 24.7 Å². The fourth-order valence-electron chi connectivity index (χ4n) is 2.75. The van der Waals surface area contributed by atoms with Crippen LogP contribution in [0.5, 0.6) is 0 Å². The minimum atomic E-state index is -3.71. The summed E-state index contributed by atoms with van der Waals surface area (Å²) in [5.74, 6) is -0.175. The van der Waals surface area contributed by atoms with Crippen LogP contribution in [0.2, 0.25) is 0 Å². The van der Waals surface area contributed by atoms with Crippen LogP contribution in [0, 0.1) is 0 Å². The number of halogens is 1. The molecule has 8 nitrogen and oxygen atoms in total. The van der Waals surface area contributed by atoms with Crippen LogP contribution in [0.4, 0.5) is 0 Å². The molecule has 1 fully saturated rings. The van der Waals surface area contributed by atoms with Gasteiger partial charge in [-0.2, -0.15) is 5.10 Å². The van der Waals surface area contributed by atoms with Crippen molar-refractivity contribution in [3.05, 3.63) is 12.4 Å². The quantitative estimate of drug-likeness (QED) is 0.701. The molecule has 1 aliphatic heterocycles. The third-order valence-electron chi connectivity index (χ3n) is 3.94. The number of aromatic nitrogens is 2. The molecule has 0 bridgehead atoms. The highest BCUT2D eigenvalue weighted by molar-refractivity contribution is 7.89. The number of amides is 1. The molecule has 2 heterocycles. The van der Waals surface area contributed by atoms with Crippen LogP contribution in [0.1, 0.15) is 26.2 Å². The maximum absolute atomic E-state index is 12.5. The zero-order valence-corrected chi connectivity index (χ0v) is 15.7. The summed E-state index contributed by atoms with van der Waals surface area (Å²) in [6.45, 7) is 4.22. The van der Waals surface area contributed by atoms with E-state index in [1.807, 2.05) is 11.8 Å². The van der Waals surface area contributed by atoms with Crippen LogP contribution < -0.4 is 10.0 Å². The van der Waals surface area contributed by atoms with E-state index >= 15 is 0 Å². The van der Waals surface area contributed by atoms with Gasteiger partial charge in [0, 0.05) is 25.8 Å². The molecule has 1 aromatic heterocycles. The van der Waals surface area contributed by atoms with Crippen LogP contribution in [0.25, 0.3) is 0 Å². The lowest BCUT2D eigenvalue weighted by Crippen LogP contribution is -2.49. The summed E-state index contributed by atoms with van der Waals surface area (Å²) in [5.41, 5.74) is 0. The molecule has 1 amide bonds. The van der Waals surface area contributed by atoms with E-state index in [0.717, 1.165) is 32.4 Å². The van der Waals surface area contributed by atoms with Crippen LogP contribution in [0.15, 0.2) is 17.3 Å². The summed E-state index contributed by atoms with van der Waals surface area (Å²) in [6.07, 6.45) is 5.33. The van der Waals surface area contributed by atoms with Crippen molar-refractivity contribution in [2.24, 2.45) is 7.05 Å². The number of rotatable bonds is 7. The molecule has 0 aromatic carbocycles. The van der Waals surface area contributed by atoms with E-state index in [0.29, 0.717) is 6.54 Å². The first-order chi connectivity index (χ1) is 10.9. The van der Waals surface area contributed by atoms with Gasteiger partial charge in [0.15, 0.2) is 0 Å². The van der Waals surface area contributed by atoms with E-state index in [2.05, 4.69) is 15.1 Å². The van der Waals surface area contributed by atoms with Gasteiger partial charge in [-0.3, -0.25) is 9.48 Å². The first kappa shape index (κ1) is 20.9. The summed E-state index contributed by atoms with van der Waals surface area (Å²) < 4.78 is 28.1. The van der Waals surface area contributed by atoms with Gasteiger partial charge in [-0.1, -0.05) is 6.92 Å². The molecule has 0 radical (unpaired) electrons. The molecule has 0 saturated carbocycles. The number of nitrogens with zero attached hydrogens (tertiary/aromatic N) is 3. The van der Waals surface area contributed by atoms with E-state index < -0.39 is 10.0 Å². The van der Waals surface area contributed by atoms with E-state index in [9.17, 15) is 13.2 Å². The van der Waals surface area contributed by atoms with Crippen molar-refractivity contribution < 1.29 is 13.2 Å².